The van der Waals surface area contributed by atoms with Crippen molar-refractivity contribution in [1.29, 1.82) is 0 Å². The Morgan fingerprint density at radius 2 is 2.09 bits per heavy atom. The van der Waals surface area contributed by atoms with Gasteiger partial charge in [0.25, 0.3) is 5.91 Å². The highest BCUT2D eigenvalue weighted by atomic mass is 32.1. The van der Waals surface area contributed by atoms with Crippen LogP contribution in [-0.2, 0) is 13.1 Å². The quantitative estimate of drug-likeness (QED) is 0.725. The van der Waals surface area contributed by atoms with Crippen LogP contribution < -0.4 is 5.32 Å². The fraction of sp³-hybridized carbons (Fsp3) is 0.188. The van der Waals surface area contributed by atoms with Crippen LogP contribution in [0.25, 0.3) is 0 Å². The number of hydrogen-bond donors (Lipinski definition) is 2. The molecule has 1 aromatic carbocycles. The molecule has 0 aliphatic rings. The minimum atomic E-state index is -0.695. The fourth-order valence-electron chi connectivity index (χ4n) is 2.10. The van der Waals surface area contributed by atoms with Crippen molar-refractivity contribution in [2.75, 3.05) is 0 Å². The lowest BCUT2D eigenvalue weighted by Gasteiger charge is -2.10. The topological polar surface area (TPSA) is 80.0 Å². The van der Waals surface area contributed by atoms with Crippen LogP contribution in [0, 0.1) is 0 Å². The van der Waals surface area contributed by atoms with E-state index in [9.17, 15) is 9.90 Å². The highest BCUT2D eigenvalue weighted by molar-refractivity contribution is 7.09. The summed E-state index contributed by atoms with van der Waals surface area (Å²) in [5, 5.41) is 19.0. The molecule has 2 aromatic heterocycles. The molecule has 0 saturated heterocycles. The van der Waals surface area contributed by atoms with Gasteiger partial charge in [-0.25, -0.2) is 9.67 Å². The molecule has 2 heterocycles. The smallest absolute Gasteiger partial charge is 0.291 e. The van der Waals surface area contributed by atoms with E-state index in [1.165, 1.54) is 11.0 Å². The van der Waals surface area contributed by atoms with Crippen LogP contribution in [0.2, 0.25) is 0 Å². The van der Waals surface area contributed by atoms with E-state index in [4.69, 9.17) is 0 Å². The van der Waals surface area contributed by atoms with Crippen LogP contribution in [0.5, 0.6) is 0 Å². The first-order valence-electron chi connectivity index (χ1n) is 7.15. The van der Waals surface area contributed by atoms with Gasteiger partial charge in [-0.05, 0) is 17.0 Å². The number of aliphatic hydroxyl groups is 1. The number of benzene rings is 1. The minimum Gasteiger partial charge on any atom is -0.386 e. The van der Waals surface area contributed by atoms with E-state index in [0.717, 1.165) is 10.4 Å². The van der Waals surface area contributed by atoms with Gasteiger partial charge in [-0.1, -0.05) is 36.4 Å². The van der Waals surface area contributed by atoms with Crippen molar-refractivity contribution in [1.82, 2.24) is 20.1 Å². The van der Waals surface area contributed by atoms with Crippen molar-refractivity contribution >= 4 is 17.2 Å². The summed E-state index contributed by atoms with van der Waals surface area (Å²) >= 11 is 1.58. The lowest BCUT2D eigenvalue weighted by atomic mass is 10.1. The van der Waals surface area contributed by atoms with E-state index >= 15 is 0 Å². The van der Waals surface area contributed by atoms with Crippen molar-refractivity contribution in [3.63, 3.8) is 0 Å². The number of nitrogens with zero attached hydrogens (tertiary/aromatic N) is 3. The summed E-state index contributed by atoms with van der Waals surface area (Å²) in [7, 11) is 0. The first-order chi connectivity index (χ1) is 11.2. The Morgan fingerprint density at radius 3 is 2.83 bits per heavy atom. The Kier molecular flexibility index (Phi) is 4.80. The maximum Gasteiger partial charge on any atom is 0.291 e. The first kappa shape index (κ1) is 15.4. The summed E-state index contributed by atoms with van der Waals surface area (Å²) in [5.74, 6) is -0.229. The van der Waals surface area contributed by atoms with Gasteiger partial charge in [0.15, 0.2) is 0 Å². The zero-order chi connectivity index (χ0) is 16.1. The molecule has 0 fully saturated rings. The molecule has 2 N–H and O–H groups in total. The summed E-state index contributed by atoms with van der Waals surface area (Å²) in [6.45, 7) is 0.701. The third kappa shape index (κ3) is 4.02. The van der Waals surface area contributed by atoms with Gasteiger partial charge >= 0.3 is 0 Å². The molecule has 0 spiro atoms. The molecule has 0 bridgehead atoms. The number of aromatic nitrogens is 3. The molecule has 3 aromatic rings. The molecule has 6 nitrogen and oxygen atoms in total. The summed E-state index contributed by atoms with van der Waals surface area (Å²) in [4.78, 5) is 17.1. The average molecular weight is 328 g/mol. The second-order valence-electron chi connectivity index (χ2n) is 4.98. The molecule has 3 rings (SSSR count). The van der Waals surface area contributed by atoms with Crippen LogP contribution in [-0.4, -0.2) is 25.8 Å². The van der Waals surface area contributed by atoms with E-state index in [1.807, 2.05) is 47.8 Å². The number of amides is 1. The molecular formula is C16H16N4O2S. The van der Waals surface area contributed by atoms with Gasteiger partial charge in [0.1, 0.15) is 6.33 Å². The Balaban J connectivity index is 1.58. The molecular weight excluding hydrogens is 312 g/mol. The third-order valence-electron chi connectivity index (χ3n) is 3.29. The zero-order valence-corrected chi connectivity index (χ0v) is 13.1. The van der Waals surface area contributed by atoms with Gasteiger partial charge in [-0.2, -0.15) is 0 Å². The number of carbonyl (C=O) groups is 1. The zero-order valence-electron chi connectivity index (χ0n) is 12.3. The van der Waals surface area contributed by atoms with E-state index in [1.54, 1.807) is 11.3 Å². The maximum absolute atomic E-state index is 12.0. The molecule has 0 saturated carbocycles. The second kappa shape index (κ2) is 7.17. The van der Waals surface area contributed by atoms with Crippen LogP contribution in [0.4, 0.5) is 0 Å². The first-order valence-corrected chi connectivity index (χ1v) is 8.03. The average Bonchev–Trinajstić information content (AvgIpc) is 3.25. The summed E-state index contributed by atoms with van der Waals surface area (Å²) in [6, 6.07) is 13.2. The molecule has 7 heteroatoms. The largest absolute Gasteiger partial charge is 0.386 e. The van der Waals surface area contributed by atoms with Crippen molar-refractivity contribution < 1.29 is 9.90 Å². The van der Waals surface area contributed by atoms with Gasteiger partial charge in [0.05, 0.1) is 19.2 Å². The molecule has 0 aliphatic carbocycles. The number of nitrogens with one attached hydrogen (secondary N) is 1. The van der Waals surface area contributed by atoms with Crippen molar-refractivity contribution in [3.8, 4) is 0 Å². The Labute approximate surface area is 137 Å². The maximum atomic E-state index is 12.0. The lowest BCUT2D eigenvalue weighted by Crippen LogP contribution is -2.24. The number of thiophene rings is 1. The van der Waals surface area contributed by atoms with E-state index in [2.05, 4.69) is 15.4 Å². The van der Waals surface area contributed by atoms with Crippen LogP contribution in [0.15, 0.2) is 54.2 Å². The van der Waals surface area contributed by atoms with Crippen molar-refractivity contribution in [3.05, 3.63) is 70.4 Å². The molecule has 1 amide bonds. The number of aliphatic hydroxyl groups excluding tert-OH is 1. The van der Waals surface area contributed by atoms with Crippen molar-refractivity contribution in [2.24, 2.45) is 0 Å². The summed E-state index contributed by atoms with van der Waals surface area (Å²) < 4.78 is 1.47. The van der Waals surface area contributed by atoms with Gasteiger partial charge < -0.3 is 10.4 Å². The number of rotatable bonds is 6. The predicted octanol–water partition coefficient (Wildman–Crippen LogP) is 2.00. The van der Waals surface area contributed by atoms with E-state index < -0.39 is 6.10 Å². The molecule has 118 valence electrons. The Bertz CT molecular complexity index is 756. The number of carbonyl (C=O) groups excluding carboxylic acids is 1. The molecule has 0 unspecified atom stereocenters. The van der Waals surface area contributed by atoms with Crippen LogP contribution in [0.3, 0.4) is 0 Å². The SMILES string of the molecule is O=C(NCc1cccs1)c1ncn(C[C@H](O)c2ccccc2)n1. The van der Waals surface area contributed by atoms with E-state index in [0.29, 0.717) is 6.54 Å². The summed E-state index contributed by atoms with van der Waals surface area (Å²) in [6.07, 6.45) is 0.756. The fourth-order valence-corrected chi connectivity index (χ4v) is 2.75. The molecule has 1 atom stereocenters. The third-order valence-corrected chi connectivity index (χ3v) is 4.16. The standard InChI is InChI=1S/C16H16N4O2S/c21-14(12-5-2-1-3-6-12)10-20-11-18-15(19-20)16(22)17-9-13-7-4-8-23-13/h1-8,11,14,21H,9-10H2,(H,17,22)/t14-/m0/s1. The van der Waals surface area contributed by atoms with Crippen molar-refractivity contribution in [2.45, 2.75) is 19.2 Å². The monoisotopic (exact) mass is 328 g/mol. The summed E-state index contributed by atoms with van der Waals surface area (Å²) in [5.41, 5.74) is 0.798. The van der Waals surface area contributed by atoms with Gasteiger partial charge in [0, 0.05) is 4.88 Å². The predicted molar refractivity (Wildman–Crippen MR) is 86.9 cm³/mol. The van der Waals surface area contributed by atoms with Crippen LogP contribution in [0.1, 0.15) is 27.2 Å². The van der Waals surface area contributed by atoms with Gasteiger partial charge in [-0.3, -0.25) is 4.79 Å². The second-order valence-corrected chi connectivity index (χ2v) is 6.01. The van der Waals surface area contributed by atoms with E-state index in [-0.39, 0.29) is 18.3 Å². The normalized spacial score (nSPS) is 12.0. The number of hydrogen-bond acceptors (Lipinski definition) is 5. The van der Waals surface area contributed by atoms with Gasteiger partial charge in [-0.15, -0.1) is 16.4 Å². The molecule has 0 radical (unpaired) electrons. The Morgan fingerprint density at radius 1 is 1.26 bits per heavy atom. The minimum absolute atomic E-state index is 0.0989. The van der Waals surface area contributed by atoms with Crippen LogP contribution >= 0.6 is 11.3 Å². The molecule has 0 aliphatic heterocycles. The highest BCUT2D eigenvalue weighted by Crippen LogP contribution is 2.13. The lowest BCUT2D eigenvalue weighted by molar-refractivity contribution is 0.0939. The van der Waals surface area contributed by atoms with Gasteiger partial charge in [0.2, 0.25) is 5.82 Å². The Hall–Kier alpha value is -2.51. The molecule has 23 heavy (non-hydrogen) atoms. The highest BCUT2D eigenvalue weighted by Gasteiger charge is 2.14.